The van der Waals surface area contributed by atoms with Crippen molar-refractivity contribution in [2.75, 3.05) is 26.3 Å². The molecule has 3 N–H and O–H groups in total. The van der Waals surface area contributed by atoms with Crippen LogP contribution in [0.5, 0.6) is 0 Å². The van der Waals surface area contributed by atoms with E-state index in [0.29, 0.717) is 37.6 Å². The largest absolute Gasteiger partial charge is 0.379 e. The zero-order valence-electron chi connectivity index (χ0n) is 15.1. The Morgan fingerprint density at radius 3 is 2.86 bits per heavy atom. The zero-order valence-corrected chi connectivity index (χ0v) is 15.1. The number of nitrogens with zero attached hydrogens (tertiary/aromatic N) is 2. The van der Waals surface area contributed by atoms with E-state index in [-0.39, 0.29) is 12.0 Å². The van der Waals surface area contributed by atoms with Gasteiger partial charge < -0.3 is 20.3 Å². The number of halogens is 2. The fourth-order valence-corrected chi connectivity index (χ4v) is 3.53. The van der Waals surface area contributed by atoms with Crippen molar-refractivity contribution in [1.29, 1.82) is 0 Å². The summed E-state index contributed by atoms with van der Waals surface area (Å²) in [6.07, 6.45) is 7.47. The van der Waals surface area contributed by atoms with Crippen LogP contribution in [0.15, 0.2) is 60.3 Å². The molecule has 4 heterocycles. The number of rotatable bonds is 5. The van der Waals surface area contributed by atoms with Gasteiger partial charge in [-0.15, -0.1) is 0 Å². The highest BCUT2D eigenvalue weighted by atomic mass is 19.3. The first-order chi connectivity index (χ1) is 13.6. The molecule has 9 heteroatoms. The normalized spacial score (nSPS) is 23.0. The first-order valence-electron chi connectivity index (χ1n) is 9.16. The lowest BCUT2D eigenvalue weighted by atomic mass is 10.1. The van der Waals surface area contributed by atoms with E-state index in [4.69, 9.17) is 4.74 Å². The average Bonchev–Trinajstić information content (AvgIpc) is 3.13. The van der Waals surface area contributed by atoms with E-state index in [1.54, 1.807) is 24.4 Å². The van der Waals surface area contributed by atoms with Crippen molar-refractivity contribution >= 4 is 5.91 Å². The van der Waals surface area contributed by atoms with Crippen LogP contribution < -0.4 is 15.6 Å². The third kappa shape index (κ3) is 3.63. The van der Waals surface area contributed by atoms with E-state index in [9.17, 15) is 13.6 Å². The van der Waals surface area contributed by atoms with Gasteiger partial charge in [-0.2, -0.15) is 0 Å². The molecule has 7 nitrogen and oxygen atoms in total. The molecule has 1 saturated heterocycles. The quantitative estimate of drug-likeness (QED) is 0.776. The van der Waals surface area contributed by atoms with Crippen LogP contribution in [0.3, 0.4) is 0 Å². The highest BCUT2D eigenvalue weighted by Crippen LogP contribution is 2.28. The predicted molar refractivity (Wildman–Crippen MR) is 96.3 cm³/mol. The number of morpholine rings is 1. The summed E-state index contributed by atoms with van der Waals surface area (Å²) in [6.45, 7) is 2.65. The van der Waals surface area contributed by atoms with Crippen LogP contribution in [0.1, 0.15) is 11.6 Å². The molecule has 0 aromatic carbocycles. The Labute approximate surface area is 161 Å². The van der Waals surface area contributed by atoms with Crippen LogP contribution in [0.25, 0.3) is 0 Å². The molecule has 1 aromatic rings. The van der Waals surface area contributed by atoms with Gasteiger partial charge in [-0.3, -0.25) is 9.69 Å². The van der Waals surface area contributed by atoms with Crippen molar-refractivity contribution in [1.82, 2.24) is 20.4 Å². The van der Waals surface area contributed by atoms with Gasteiger partial charge in [0.2, 0.25) is 0 Å². The molecule has 0 aliphatic carbocycles. The third-order valence-electron chi connectivity index (χ3n) is 4.93. The van der Waals surface area contributed by atoms with E-state index in [0.717, 1.165) is 0 Å². The van der Waals surface area contributed by atoms with E-state index in [2.05, 4.69) is 20.5 Å². The van der Waals surface area contributed by atoms with Crippen molar-refractivity contribution < 1.29 is 23.3 Å². The van der Waals surface area contributed by atoms with Gasteiger partial charge in [0, 0.05) is 30.9 Å². The number of carbonyl (C=O) groups excluding carboxylic acids is 1. The Morgan fingerprint density at radius 2 is 2.14 bits per heavy atom. The van der Waals surface area contributed by atoms with Crippen molar-refractivity contribution in [2.45, 2.75) is 18.8 Å². The molecule has 2 atom stereocenters. The molecule has 0 saturated carbocycles. The number of carbonyl (C=O) groups is 1. The van der Waals surface area contributed by atoms with Crippen molar-refractivity contribution in [3.63, 3.8) is 0 Å². The Balaban J connectivity index is 1.55. The highest BCUT2D eigenvalue weighted by molar-refractivity contribution is 5.95. The molecule has 3 aliphatic heterocycles. The fourth-order valence-electron chi connectivity index (χ4n) is 3.53. The first kappa shape index (κ1) is 18.6. The van der Waals surface area contributed by atoms with Crippen molar-refractivity contribution in [3.8, 4) is 0 Å². The molecule has 1 amide bonds. The number of pyridine rings is 1. The summed E-state index contributed by atoms with van der Waals surface area (Å²) in [5.74, 6) is -0.565. The van der Waals surface area contributed by atoms with Gasteiger partial charge >= 0.3 is 0 Å². The van der Waals surface area contributed by atoms with Gasteiger partial charge in [0.15, 0.2) is 18.7 Å². The maximum absolute atomic E-state index is 13.6. The summed E-state index contributed by atoms with van der Waals surface area (Å²) < 4.78 is 32.6. The molecule has 3 aliphatic rings. The molecule has 0 spiro atoms. The third-order valence-corrected chi connectivity index (χ3v) is 4.93. The number of hydrogen-bond donors (Lipinski definition) is 2. The second-order valence-corrected chi connectivity index (χ2v) is 6.66. The SMILES string of the molecule is O=C(NC(c1ccc[nH+]c1)C(F)F)C1=C2C=CC=CN2C(N2CCOCC2)N1. The van der Waals surface area contributed by atoms with Gasteiger partial charge in [0.1, 0.15) is 11.7 Å². The monoisotopic (exact) mass is 390 g/mol. The number of hydrogen-bond acceptors (Lipinski definition) is 5. The number of aromatic amines is 1. The summed E-state index contributed by atoms with van der Waals surface area (Å²) >= 11 is 0. The summed E-state index contributed by atoms with van der Waals surface area (Å²) in [4.78, 5) is 19.8. The molecular formula is C19H22F2N5O2+. The van der Waals surface area contributed by atoms with E-state index >= 15 is 0 Å². The molecule has 1 fully saturated rings. The maximum atomic E-state index is 13.6. The van der Waals surface area contributed by atoms with Gasteiger partial charge in [-0.1, -0.05) is 6.08 Å². The smallest absolute Gasteiger partial charge is 0.270 e. The summed E-state index contributed by atoms with van der Waals surface area (Å²) in [5, 5.41) is 5.68. The lowest BCUT2D eigenvalue weighted by molar-refractivity contribution is -0.379. The number of ether oxygens (including phenoxy) is 1. The van der Waals surface area contributed by atoms with E-state index in [1.165, 1.54) is 6.20 Å². The van der Waals surface area contributed by atoms with Crippen LogP contribution in [0.2, 0.25) is 0 Å². The molecule has 4 rings (SSSR count). The van der Waals surface area contributed by atoms with Gasteiger partial charge in [-0.05, 0) is 18.2 Å². The first-order valence-corrected chi connectivity index (χ1v) is 9.16. The number of alkyl halides is 2. The van der Waals surface area contributed by atoms with Gasteiger partial charge in [-0.25, -0.2) is 13.8 Å². The van der Waals surface area contributed by atoms with E-state index < -0.39 is 18.4 Å². The van der Waals surface area contributed by atoms with Gasteiger partial charge in [0.05, 0.1) is 18.9 Å². The topological polar surface area (TPSA) is 71.0 Å². The number of fused-ring (bicyclic) bond motifs is 1. The molecule has 0 radical (unpaired) electrons. The number of allylic oxidation sites excluding steroid dienone is 3. The second-order valence-electron chi connectivity index (χ2n) is 6.66. The standard InChI is InChI=1S/C19H21F2N5O2/c20-17(21)15(13-4-3-6-22-12-13)23-18(27)16-14-5-1-2-7-26(14)19(24-16)25-8-10-28-11-9-25/h1-7,12,15,17,19,24H,8-11H2,(H,23,27)/p+1. The number of aromatic nitrogens is 1. The Bertz CT molecular complexity index is 806. The average molecular weight is 390 g/mol. The predicted octanol–water partition coefficient (Wildman–Crippen LogP) is 0.739. The minimum Gasteiger partial charge on any atom is -0.379 e. The Hall–Kier alpha value is -2.78. The number of nitrogens with one attached hydrogen (secondary N) is 3. The summed E-state index contributed by atoms with van der Waals surface area (Å²) in [6, 6.07) is 1.77. The maximum Gasteiger partial charge on any atom is 0.270 e. The molecule has 148 valence electrons. The lowest BCUT2D eigenvalue weighted by Gasteiger charge is -2.37. The minimum atomic E-state index is -2.74. The van der Waals surface area contributed by atoms with E-state index in [1.807, 2.05) is 23.3 Å². The molecule has 1 aromatic heterocycles. The van der Waals surface area contributed by atoms with Crippen molar-refractivity contribution in [2.24, 2.45) is 0 Å². The zero-order chi connectivity index (χ0) is 19.5. The molecule has 28 heavy (non-hydrogen) atoms. The van der Waals surface area contributed by atoms with Crippen molar-refractivity contribution in [3.05, 3.63) is 65.9 Å². The number of amides is 1. The Kier molecular flexibility index (Phi) is 5.36. The van der Waals surface area contributed by atoms with Crippen LogP contribution in [-0.4, -0.2) is 54.7 Å². The fraction of sp³-hybridized carbons (Fsp3) is 0.368. The molecule has 0 bridgehead atoms. The highest BCUT2D eigenvalue weighted by Gasteiger charge is 2.38. The van der Waals surface area contributed by atoms with Crippen LogP contribution in [-0.2, 0) is 9.53 Å². The van der Waals surface area contributed by atoms with Gasteiger partial charge in [0.25, 0.3) is 12.3 Å². The number of H-pyrrole nitrogens is 1. The van der Waals surface area contributed by atoms with Crippen LogP contribution in [0.4, 0.5) is 8.78 Å². The van der Waals surface area contributed by atoms with Crippen LogP contribution in [0, 0.1) is 0 Å². The lowest BCUT2D eigenvalue weighted by Crippen LogP contribution is -2.54. The summed E-state index contributed by atoms with van der Waals surface area (Å²) in [5.41, 5.74) is 1.25. The van der Waals surface area contributed by atoms with Crippen LogP contribution >= 0.6 is 0 Å². The molecular weight excluding hydrogens is 368 g/mol. The minimum absolute atomic E-state index is 0.254. The summed E-state index contributed by atoms with van der Waals surface area (Å²) in [7, 11) is 0. The second kappa shape index (κ2) is 8.07. The molecule has 2 unspecified atom stereocenters. The Morgan fingerprint density at radius 1 is 1.32 bits per heavy atom.